The summed E-state index contributed by atoms with van der Waals surface area (Å²) in [6.45, 7) is 8.76. The second-order valence-corrected chi connectivity index (χ2v) is 6.07. The van der Waals surface area contributed by atoms with Crippen molar-refractivity contribution >= 4 is 28.2 Å². The molecule has 0 amide bonds. The second-order valence-electron chi connectivity index (χ2n) is 5.01. The third kappa shape index (κ3) is 1.96. The number of anilines is 1. The number of hydrogen-bond acceptors (Lipinski definition) is 5. The lowest BCUT2D eigenvalue weighted by Crippen LogP contribution is -2.05. The van der Waals surface area contributed by atoms with E-state index in [2.05, 4.69) is 38.7 Å². The van der Waals surface area contributed by atoms with Gasteiger partial charge in [0, 0.05) is 11.1 Å². The first-order valence-corrected chi connectivity index (χ1v) is 7.36. The summed E-state index contributed by atoms with van der Waals surface area (Å²) in [4.78, 5) is 13.4. The van der Waals surface area contributed by atoms with Gasteiger partial charge in [-0.25, -0.2) is 15.0 Å². The predicted molar refractivity (Wildman–Crippen MR) is 82.1 cm³/mol. The monoisotopic (exact) mass is 287 g/mol. The Hall–Kier alpha value is -1.95. The van der Waals surface area contributed by atoms with Gasteiger partial charge in [-0.05, 0) is 33.3 Å². The van der Waals surface area contributed by atoms with E-state index in [1.165, 1.54) is 0 Å². The van der Waals surface area contributed by atoms with Crippen LogP contribution in [0.2, 0.25) is 0 Å². The Morgan fingerprint density at radius 2 is 1.90 bits per heavy atom. The summed E-state index contributed by atoms with van der Waals surface area (Å²) in [5.74, 6) is 1.25. The molecule has 0 aliphatic carbocycles. The smallest absolute Gasteiger partial charge is 0.146 e. The molecule has 5 nitrogen and oxygen atoms in total. The van der Waals surface area contributed by atoms with Crippen LogP contribution < -0.4 is 5.73 Å². The summed E-state index contributed by atoms with van der Waals surface area (Å²) in [5.41, 5.74) is 10.3. The molecule has 2 N–H and O–H groups in total. The summed E-state index contributed by atoms with van der Waals surface area (Å²) in [7, 11) is 0. The Morgan fingerprint density at radius 3 is 2.55 bits per heavy atom. The van der Waals surface area contributed by atoms with Gasteiger partial charge in [0.1, 0.15) is 17.3 Å². The second kappa shape index (κ2) is 4.56. The van der Waals surface area contributed by atoms with Crippen LogP contribution in [0.4, 0.5) is 5.82 Å². The molecule has 0 aromatic carbocycles. The number of nitrogens with two attached hydrogens (primary N) is 1. The van der Waals surface area contributed by atoms with Crippen LogP contribution in [0.1, 0.15) is 27.8 Å². The fourth-order valence-electron chi connectivity index (χ4n) is 2.51. The predicted octanol–water partition coefficient (Wildman–Crippen LogP) is 2.75. The number of rotatable bonds is 2. The highest BCUT2D eigenvalue weighted by Crippen LogP contribution is 2.28. The normalized spacial score (nSPS) is 11.4. The van der Waals surface area contributed by atoms with Crippen molar-refractivity contribution in [3.8, 4) is 0 Å². The average molecular weight is 287 g/mol. The molecule has 0 aliphatic rings. The van der Waals surface area contributed by atoms with E-state index >= 15 is 0 Å². The Labute approximate surface area is 121 Å². The van der Waals surface area contributed by atoms with Crippen molar-refractivity contribution in [2.45, 2.75) is 34.2 Å². The third-order valence-electron chi connectivity index (χ3n) is 3.59. The molecule has 3 aromatic heterocycles. The van der Waals surface area contributed by atoms with Crippen molar-refractivity contribution in [2.75, 3.05) is 5.73 Å². The highest BCUT2D eigenvalue weighted by molar-refractivity contribution is 7.09. The van der Waals surface area contributed by atoms with E-state index in [1.54, 1.807) is 11.3 Å². The van der Waals surface area contributed by atoms with Crippen LogP contribution in [0.5, 0.6) is 0 Å². The van der Waals surface area contributed by atoms with Crippen molar-refractivity contribution in [2.24, 2.45) is 0 Å². The van der Waals surface area contributed by atoms with E-state index in [4.69, 9.17) is 5.73 Å². The fraction of sp³-hybridized carbons (Fsp3) is 0.357. The number of hydrogen-bond donors (Lipinski definition) is 1. The van der Waals surface area contributed by atoms with Gasteiger partial charge in [0.2, 0.25) is 0 Å². The maximum Gasteiger partial charge on any atom is 0.146 e. The number of nitrogens with zero attached hydrogens (tertiary/aromatic N) is 4. The van der Waals surface area contributed by atoms with Crippen LogP contribution in [-0.2, 0) is 6.54 Å². The standard InChI is InChI=1S/C14H17N5S/c1-7-8(2)19(5-11-6-20-10(4)18-11)14-12(7)13(15)16-9(3)17-14/h6H,5H2,1-4H3,(H2,15,16,17). The first-order chi connectivity index (χ1) is 9.47. The lowest BCUT2D eigenvalue weighted by atomic mass is 10.2. The number of fused-ring (bicyclic) bond motifs is 1. The summed E-state index contributed by atoms with van der Waals surface area (Å²) in [5, 5.41) is 4.13. The van der Waals surface area contributed by atoms with Gasteiger partial charge in [0.15, 0.2) is 0 Å². The first kappa shape index (κ1) is 13.1. The molecule has 0 bridgehead atoms. The van der Waals surface area contributed by atoms with Gasteiger partial charge in [-0.2, -0.15) is 0 Å². The van der Waals surface area contributed by atoms with Crippen LogP contribution >= 0.6 is 11.3 Å². The zero-order chi connectivity index (χ0) is 14.4. The van der Waals surface area contributed by atoms with Crippen molar-refractivity contribution in [3.63, 3.8) is 0 Å². The lowest BCUT2D eigenvalue weighted by molar-refractivity contribution is 0.769. The quantitative estimate of drug-likeness (QED) is 0.787. The maximum absolute atomic E-state index is 6.06. The number of thiazole rings is 1. The molecule has 6 heteroatoms. The van der Waals surface area contributed by atoms with Crippen molar-refractivity contribution in [1.82, 2.24) is 19.5 Å². The topological polar surface area (TPSA) is 69.6 Å². The summed E-state index contributed by atoms with van der Waals surface area (Å²) in [6.07, 6.45) is 0. The summed E-state index contributed by atoms with van der Waals surface area (Å²) in [6, 6.07) is 0. The Morgan fingerprint density at radius 1 is 1.15 bits per heavy atom. The van der Waals surface area contributed by atoms with Gasteiger partial charge < -0.3 is 10.3 Å². The summed E-state index contributed by atoms with van der Waals surface area (Å²) >= 11 is 1.67. The largest absolute Gasteiger partial charge is 0.383 e. The minimum absolute atomic E-state index is 0.557. The Kier molecular flexibility index (Phi) is 2.97. The highest BCUT2D eigenvalue weighted by atomic mass is 32.1. The van der Waals surface area contributed by atoms with E-state index in [0.29, 0.717) is 11.6 Å². The molecule has 3 aromatic rings. The van der Waals surface area contributed by atoms with Crippen LogP contribution in [0.15, 0.2) is 5.38 Å². The lowest BCUT2D eigenvalue weighted by Gasteiger charge is -2.06. The molecule has 0 radical (unpaired) electrons. The molecule has 0 saturated heterocycles. The number of aryl methyl sites for hydroxylation is 3. The average Bonchev–Trinajstić information content (AvgIpc) is 2.87. The van der Waals surface area contributed by atoms with Crippen LogP contribution in [0.3, 0.4) is 0 Å². The molecule has 0 aliphatic heterocycles. The molecule has 0 spiro atoms. The van der Waals surface area contributed by atoms with Gasteiger partial charge in [-0.15, -0.1) is 11.3 Å². The third-order valence-corrected chi connectivity index (χ3v) is 4.42. The van der Waals surface area contributed by atoms with Crippen molar-refractivity contribution in [1.29, 1.82) is 0 Å². The van der Waals surface area contributed by atoms with E-state index in [1.807, 2.05) is 13.8 Å². The van der Waals surface area contributed by atoms with Crippen LogP contribution in [0, 0.1) is 27.7 Å². The molecule has 0 atom stereocenters. The van der Waals surface area contributed by atoms with Crippen molar-refractivity contribution < 1.29 is 0 Å². The fourth-order valence-corrected chi connectivity index (χ4v) is 3.12. The molecular weight excluding hydrogens is 270 g/mol. The zero-order valence-electron chi connectivity index (χ0n) is 12.1. The minimum atomic E-state index is 0.557. The minimum Gasteiger partial charge on any atom is -0.383 e. The Balaban J connectivity index is 2.22. The highest BCUT2D eigenvalue weighted by Gasteiger charge is 2.16. The van der Waals surface area contributed by atoms with E-state index in [0.717, 1.165) is 39.5 Å². The van der Waals surface area contributed by atoms with Crippen LogP contribution in [-0.4, -0.2) is 19.5 Å². The molecule has 104 valence electrons. The Bertz CT molecular complexity index is 800. The molecule has 0 unspecified atom stereocenters. The van der Waals surface area contributed by atoms with Crippen LogP contribution in [0.25, 0.3) is 11.0 Å². The zero-order valence-corrected chi connectivity index (χ0v) is 12.9. The van der Waals surface area contributed by atoms with E-state index in [9.17, 15) is 0 Å². The first-order valence-electron chi connectivity index (χ1n) is 6.48. The van der Waals surface area contributed by atoms with Gasteiger partial charge in [0.25, 0.3) is 0 Å². The molecular formula is C14H17N5S. The van der Waals surface area contributed by atoms with Gasteiger partial charge in [-0.1, -0.05) is 0 Å². The molecule has 0 saturated carbocycles. The molecule has 20 heavy (non-hydrogen) atoms. The van der Waals surface area contributed by atoms with E-state index in [-0.39, 0.29) is 0 Å². The van der Waals surface area contributed by atoms with E-state index < -0.39 is 0 Å². The van der Waals surface area contributed by atoms with Gasteiger partial charge in [-0.3, -0.25) is 0 Å². The number of nitrogen functional groups attached to an aromatic ring is 1. The summed E-state index contributed by atoms with van der Waals surface area (Å²) < 4.78 is 2.17. The van der Waals surface area contributed by atoms with Gasteiger partial charge >= 0.3 is 0 Å². The maximum atomic E-state index is 6.06. The van der Waals surface area contributed by atoms with Crippen molar-refractivity contribution in [3.05, 3.63) is 33.2 Å². The SMILES string of the molecule is Cc1nc(N)c2c(C)c(C)n(Cc3csc(C)n3)c2n1. The molecule has 3 heterocycles. The molecule has 0 fully saturated rings. The number of aromatic nitrogens is 4. The molecule has 3 rings (SSSR count). The van der Waals surface area contributed by atoms with Gasteiger partial charge in [0.05, 0.1) is 22.6 Å².